The van der Waals surface area contributed by atoms with Gasteiger partial charge in [0.25, 0.3) is 0 Å². The SMILES string of the molecule is CCOC(=O)c1c(CCCO)c2ccc(F)c3c2n1CCCCOCc1c-3c(C)nn1C. The Hall–Kier alpha value is -2.71. The zero-order valence-corrected chi connectivity index (χ0v) is 18.9. The van der Waals surface area contributed by atoms with Crippen LogP contribution in [-0.2, 0) is 36.1 Å². The van der Waals surface area contributed by atoms with Gasteiger partial charge in [0.15, 0.2) is 0 Å². The second-order valence-corrected chi connectivity index (χ2v) is 8.14. The van der Waals surface area contributed by atoms with Crippen molar-refractivity contribution in [2.24, 2.45) is 7.05 Å². The third kappa shape index (κ3) is 3.82. The minimum absolute atomic E-state index is 0.00614. The van der Waals surface area contributed by atoms with Gasteiger partial charge in [-0.05, 0) is 57.2 Å². The number of carbonyl (C=O) groups is 1. The molecule has 1 N–H and O–H groups in total. The molecule has 4 rings (SSSR count). The van der Waals surface area contributed by atoms with E-state index in [1.807, 2.05) is 18.5 Å². The van der Waals surface area contributed by atoms with E-state index in [4.69, 9.17) is 9.47 Å². The molecule has 172 valence electrons. The first-order chi connectivity index (χ1) is 15.5. The van der Waals surface area contributed by atoms with Gasteiger partial charge >= 0.3 is 5.97 Å². The van der Waals surface area contributed by atoms with Crippen LogP contribution in [-0.4, -0.2) is 45.2 Å². The molecule has 0 fully saturated rings. The average molecular weight is 444 g/mol. The van der Waals surface area contributed by atoms with E-state index in [0.29, 0.717) is 60.6 Å². The van der Waals surface area contributed by atoms with Gasteiger partial charge in [0.05, 0.1) is 30.1 Å². The number of esters is 1. The summed E-state index contributed by atoms with van der Waals surface area (Å²) >= 11 is 0. The standard InChI is InChI=1S/C24H30FN3O4/c1-4-32-24(30)23-16(8-7-12-29)17-9-10-18(25)21-20-15(2)26-27(3)19(20)14-31-13-6-5-11-28(23)22(17)21/h9-10,29H,4-8,11-14H2,1-3H3. The van der Waals surface area contributed by atoms with Gasteiger partial charge in [-0.15, -0.1) is 0 Å². The molecular formula is C24H30FN3O4. The van der Waals surface area contributed by atoms with Crippen LogP contribution in [0.4, 0.5) is 4.39 Å². The maximum atomic E-state index is 15.5. The number of rotatable bonds is 5. The summed E-state index contributed by atoms with van der Waals surface area (Å²) in [4.78, 5) is 13.1. The Morgan fingerprint density at radius 2 is 2.12 bits per heavy atom. The van der Waals surface area contributed by atoms with E-state index in [2.05, 4.69) is 5.10 Å². The molecule has 1 aliphatic heterocycles. The molecule has 7 nitrogen and oxygen atoms in total. The van der Waals surface area contributed by atoms with Crippen molar-refractivity contribution in [2.45, 2.75) is 52.7 Å². The quantitative estimate of drug-likeness (QED) is 0.605. The number of aliphatic hydroxyl groups excluding tert-OH is 1. The molecule has 3 heterocycles. The fourth-order valence-corrected chi connectivity index (χ4v) is 4.74. The molecule has 0 saturated carbocycles. The first kappa shape index (κ1) is 22.5. The first-order valence-electron chi connectivity index (χ1n) is 11.2. The van der Waals surface area contributed by atoms with Gasteiger partial charge in [-0.25, -0.2) is 9.18 Å². The minimum atomic E-state index is -0.419. The molecule has 0 saturated heterocycles. The maximum Gasteiger partial charge on any atom is 0.355 e. The van der Waals surface area contributed by atoms with Crippen molar-refractivity contribution in [3.8, 4) is 11.1 Å². The monoisotopic (exact) mass is 443 g/mol. The van der Waals surface area contributed by atoms with Crippen LogP contribution in [0, 0.1) is 12.7 Å². The lowest BCUT2D eigenvalue weighted by molar-refractivity contribution is 0.0512. The minimum Gasteiger partial charge on any atom is -0.461 e. The summed E-state index contributed by atoms with van der Waals surface area (Å²) in [6, 6.07) is 3.19. The molecule has 0 aliphatic carbocycles. The largest absolute Gasteiger partial charge is 0.461 e. The summed E-state index contributed by atoms with van der Waals surface area (Å²) in [6.45, 7) is 5.34. The fraction of sp³-hybridized carbons (Fsp3) is 0.500. The number of halogens is 1. The van der Waals surface area contributed by atoms with E-state index in [1.54, 1.807) is 17.7 Å². The lowest BCUT2D eigenvalue weighted by Crippen LogP contribution is -2.15. The zero-order valence-electron chi connectivity index (χ0n) is 18.9. The van der Waals surface area contributed by atoms with Crippen molar-refractivity contribution in [3.63, 3.8) is 0 Å². The number of carbonyl (C=O) groups excluding carboxylic acids is 1. The molecule has 0 atom stereocenters. The third-order valence-corrected chi connectivity index (χ3v) is 6.08. The van der Waals surface area contributed by atoms with Gasteiger partial charge < -0.3 is 19.1 Å². The Morgan fingerprint density at radius 1 is 1.31 bits per heavy atom. The molecule has 1 aliphatic rings. The van der Waals surface area contributed by atoms with Crippen molar-refractivity contribution >= 4 is 16.9 Å². The van der Waals surface area contributed by atoms with E-state index < -0.39 is 5.97 Å². The normalized spacial score (nSPS) is 14.3. The topological polar surface area (TPSA) is 78.5 Å². The molecular weight excluding hydrogens is 413 g/mol. The predicted molar refractivity (Wildman–Crippen MR) is 119 cm³/mol. The molecule has 32 heavy (non-hydrogen) atoms. The van der Waals surface area contributed by atoms with E-state index in [1.165, 1.54) is 6.07 Å². The van der Waals surface area contributed by atoms with Crippen LogP contribution in [0.3, 0.4) is 0 Å². The number of nitrogens with zero attached hydrogens (tertiary/aromatic N) is 3. The average Bonchev–Trinajstić information content (AvgIpc) is 3.20. The van der Waals surface area contributed by atoms with Crippen molar-refractivity contribution in [1.29, 1.82) is 0 Å². The van der Waals surface area contributed by atoms with Crippen LogP contribution in [0.25, 0.3) is 22.0 Å². The Kier molecular flexibility index (Phi) is 6.62. The summed E-state index contributed by atoms with van der Waals surface area (Å²) in [7, 11) is 1.84. The second kappa shape index (κ2) is 9.42. The summed E-state index contributed by atoms with van der Waals surface area (Å²) in [5, 5.41) is 14.8. The number of aryl methyl sites for hydroxylation is 4. The number of benzene rings is 1. The number of fused-ring (bicyclic) bond motifs is 2. The lowest BCUT2D eigenvalue weighted by atomic mass is 9.97. The molecule has 0 unspecified atom stereocenters. The Balaban J connectivity index is 2.12. The van der Waals surface area contributed by atoms with Crippen molar-refractivity contribution in [3.05, 3.63) is 40.6 Å². The van der Waals surface area contributed by atoms with Crippen LogP contribution in [0.5, 0.6) is 0 Å². The first-order valence-corrected chi connectivity index (χ1v) is 11.2. The van der Waals surface area contributed by atoms with Crippen LogP contribution in [0.2, 0.25) is 0 Å². The zero-order chi connectivity index (χ0) is 22.8. The summed E-state index contributed by atoms with van der Waals surface area (Å²) in [6.07, 6.45) is 2.59. The number of ether oxygens (including phenoxy) is 2. The van der Waals surface area contributed by atoms with Crippen LogP contribution in [0.1, 0.15) is 53.6 Å². The van der Waals surface area contributed by atoms with Gasteiger partial charge in [-0.3, -0.25) is 4.68 Å². The highest BCUT2D eigenvalue weighted by molar-refractivity contribution is 6.05. The number of hydrogen-bond donors (Lipinski definition) is 1. The van der Waals surface area contributed by atoms with Gasteiger partial charge in [0, 0.05) is 43.3 Å². The third-order valence-electron chi connectivity index (χ3n) is 6.08. The molecule has 0 radical (unpaired) electrons. The number of aromatic nitrogens is 3. The smallest absolute Gasteiger partial charge is 0.355 e. The summed E-state index contributed by atoms with van der Waals surface area (Å²) < 4.78 is 30.5. The molecule has 0 bridgehead atoms. The molecule has 2 aromatic heterocycles. The molecule has 0 spiro atoms. The Morgan fingerprint density at radius 3 is 2.88 bits per heavy atom. The van der Waals surface area contributed by atoms with Crippen LogP contribution >= 0.6 is 0 Å². The highest BCUT2D eigenvalue weighted by Gasteiger charge is 2.29. The Bertz CT molecular complexity index is 1150. The highest BCUT2D eigenvalue weighted by Crippen LogP contribution is 2.40. The predicted octanol–water partition coefficient (Wildman–Crippen LogP) is 3.90. The van der Waals surface area contributed by atoms with Gasteiger partial charge in [0.2, 0.25) is 0 Å². The number of hydrogen-bond acceptors (Lipinski definition) is 5. The second-order valence-electron chi connectivity index (χ2n) is 8.14. The van der Waals surface area contributed by atoms with Gasteiger partial charge in [-0.1, -0.05) is 0 Å². The molecule has 3 aromatic rings. The maximum absolute atomic E-state index is 15.5. The van der Waals surface area contributed by atoms with E-state index in [-0.39, 0.29) is 19.0 Å². The molecule has 0 amide bonds. The summed E-state index contributed by atoms with van der Waals surface area (Å²) in [5.41, 5.74) is 4.59. The number of aliphatic hydroxyl groups is 1. The van der Waals surface area contributed by atoms with Crippen molar-refractivity contribution < 1.29 is 23.8 Å². The van der Waals surface area contributed by atoms with E-state index in [9.17, 15) is 9.90 Å². The van der Waals surface area contributed by atoms with Crippen molar-refractivity contribution in [2.75, 3.05) is 19.8 Å². The van der Waals surface area contributed by atoms with Gasteiger partial charge in [0.1, 0.15) is 11.5 Å². The van der Waals surface area contributed by atoms with Crippen LogP contribution in [0.15, 0.2) is 12.1 Å². The Labute approximate surface area is 186 Å². The van der Waals surface area contributed by atoms with E-state index in [0.717, 1.165) is 29.5 Å². The highest BCUT2D eigenvalue weighted by atomic mass is 19.1. The fourth-order valence-electron chi connectivity index (χ4n) is 4.74. The molecule has 8 heteroatoms. The van der Waals surface area contributed by atoms with Crippen molar-refractivity contribution in [1.82, 2.24) is 14.3 Å². The van der Waals surface area contributed by atoms with Gasteiger partial charge in [-0.2, -0.15) is 5.10 Å². The van der Waals surface area contributed by atoms with E-state index >= 15 is 4.39 Å². The lowest BCUT2D eigenvalue weighted by Gasteiger charge is -2.14. The van der Waals surface area contributed by atoms with Crippen LogP contribution < -0.4 is 0 Å². The molecule has 1 aromatic carbocycles. The summed E-state index contributed by atoms with van der Waals surface area (Å²) in [5.74, 6) is -0.783.